The van der Waals surface area contributed by atoms with Crippen molar-refractivity contribution >= 4 is 35.2 Å². The monoisotopic (exact) mass is 273 g/mol. The van der Waals surface area contributed by atoms with Crippen molar-refractivity contribution < 1.29 is 4.74 Å². The van der Waals surface area contributed by atoms with Gasteiger partial charge >= 0.3 is 0 Å². The van der Waals surface area contributed by atoms with Gasteiger partial charge < -0.3 is 14.4 Å². The van der Waals surface area contributed by atoms with E-state index < -0.39 is 0 Å². The maximum Gasteiger partial charge on any atom is 0.139 e. The summed E-state index contributed by atoms with van der Waals surface area (Å²) in [6.07, 6.45) is 0. The Labute approximate surface area is 111 Å². The summed E-state index contributed by atoms with van der Waals surface area (Å²) < 4.78 is 8.50. The first-order valence-corrected chi connectivity index (χ1v) is 7.04. The minimum Gasteiger partial charge on any atom is -0.378 e. The van der Waals surface area contributed by atoms with Gasteiger partial charge in [0.2, 0.25) is 0 Å². The number of hydrogen-bond donors (Lipinski definition) is 1. The molecule has 1 aliphatic heterocycles. The standard InChI is InChI=1S/C11H16ClN3OS/c1-2-17-14-10-7-9(12)8-11(13-10)15-3-5-16-6-4-15/h7-8H,2-6H2,1H3,(H,13,14). The Hall–Kier alpha value is -0.650. The molecule has 94 valence electrons. The molecule has 0 radical (unpaired) electrons. The van der Waals surface area contributed by atoms with Crippen LogP contribution in [0.1, 0.15) is 6.92 Å². The van der Waals surface area contributed by atoms with Crippen molar-refractivity contribution in [1.29, 1.82) is 0 Å². The van der Waals surface area contributed by atoms with Crippen molar-refractivity contribution in [2.45, 2.75) is 6.92 Å². The second-order valence-corrected chi connectivity index (χ2v) is 5.17. The number of nitrogens with one attached hydrogen (secondary N) is 1. The number of hydrogen-bond acceptors (Lipinski definition) is 5. The van der Waals surface area contributed by atoms with E-state index in [0.717, 1.165) is 43.7 Å². The summed E-state index contributed by atoms with van der Waals surface area (Å²) in [5, 5.41) is 0.709. The van der Waals surface area contributed by atoms with Crippen LogP contribution in [0.25, 0.3) is 0 Å². The highest BCUT2D eigenvalue weighted by atomic mass is 35.5. The minimum absolute atomic E-state index is 0.709. The van der Waals surface area contributed by atoms with Crippen LogP contribution in [0.5, 0.6) is 0 Å². The van der Waals surface area contributed by atoms with Gasteiger partial charge in [-0.3, -0.25) is 0 Å². The van der Waals surface area contributed by atoms with Gasteiger partial charge in [-0.25, -0.2) is 4.98 Å². The molecule has 1 aromatic heterocycles. The lowest BCUT2D eigenvalue weighted by Gasteiger charge is -2.28. The summed E-state index contributed by atoms with van der Waals surface area (Å²) in [5.74, 6) is 2.71. The van der Waals surface area contributed by atoms with E-state index in [4.69, 9.17) is 16.3 Å². The molecule has 1 N–H and O–H groups in total. The largest absolute Gasteiger partial charge is 0.378 e. The first kappa shape index (κ1) is 12.8. The van der Waals surface area contributed by atoms with Crippen molar-refractivity contribution in [3.63, 3.8) is 0 Å². The van der Waals surface area contributed by atoms with Crippen LogP contribution in [-0.4, -0.2) is 37.0 Å². The van der Waals surface area contributed by atoms with E-state index in [1.54, 1.807) is 11.9 Å². The average molecular weight is 274 g/mol. The van der Waals surface area contributed by atoms with Gasteiger partial charge in [0, 0.05) is 29.9 Å². The molecule has 0 bridgehead atoms. The van der Waals surface area contributed by atoms with Crippen LogP contribution < -0.4 is 9.62 Å². The lowest BCUT2D eigenvalue weighted by Crippen LogP contribution is -2.36. The van der Waals surface area contributed by atoms with Crippen molar-refractivity contribution in [2.75, 3.05) is 41.7 Å². The summed E-state index contributed by atoms with van der Waals surface area (Å²) in [6.45, 7) is 5.33. The number of pyridine rings is 1. The molecule has 0 aliphatic carbocycles. The molecule has 1 saturated heterocycles. The smallest absolute Gasteiger partial charge is 0.139 e. The summed E-state index contributed by atoms with van der Waals surface area (Å²) in [6, 6.07) is 3.74. The Bertz CT molecular complexity index is 372. The van der Waals surface area contributed by atoms with Crippen molar-refractivity contribution in [3.05, 3.63) is 17.2 Å². The topological polar surface area (TPSA) is 37.4 Å². The number of halogens is 1. The molecule has 0 unspecified atom stereocenters. The van der Waals surface area contributed by atoms with Crippen molar-refractivity contribution in [3.8, 4) is 0 Å². The van der Waals surface area contributed by atoms with Crippen LogP contribution in [0, 0.1) is 0 Å². The van der Waals surface area contributed by atoms with Crippen LogP contribution in [0.15, 0.2) is 12.1 Å². The molecule has 2 rings (SSSR count). The Morgan fingerprint density at radius 1 is 1.47 bits per heavy atom. The van der Waals surface area contributed by atoms with E-state index in [0.29, 0.717) is 5.02 Å². The highest BCUT2D eigenvalue weighted by molar-refractivity contribution is 8.00. The second-order valence-electron chi connectivity index (χ2n) is 3.66. The Kier molecular flexibility index (Phi) is 4.76. The predicted molar refractivity (Wildman–Crippen MR) is 74.0 cm³/mol. The first-order chi connectivity index (χ1) is 8.29. The molecular formula is C11H16ClN3OS. The highest BCUT2D eigenvalue weighted by Crippen LogP contribution is 2.23. The van der Waals surface area contributed by atoms with Gasteiger partial charge in [-0.15, -0.1) is 0 Å². The minimum atomic E-state index is 0.709. The van der Waals surface area contributed by atoms with Crippen LogP contribution >= 0.6 is 23.5 Å². The fourth-order valence-corrected chi connectivity index (χ4v) is 2.23. The van der Waals surface area contributed by atoms with Gasteiger partial charge in [0.05, 0.1) is 13.2 Å². The third-order valence-corrected chi connectivity index (χ3v) is 3.29. The maximum absolute atomic E-state index is 6.10. The van der Waals surface area contributed by atoms with Crippen LogP contribution in [0.4, 0.5) is 11.6 Å². The molecule has 2 heterocycles. The third-order valence-electron chi connectivity index (χ3n) is 2.43. The second kappa shape index (κ2) is 6.33. The number of morpholine rings is 1. The molecular weight excluding hydrogens is 258 g/mol. The lowest BCUT2D eigenvalue weighted by molar-refractivity contribution is 0.122. The van der Waals surface area contributed by atoms with Crippen molar-refractivity contribution in [2.24, 2.45) is 0 Å². The molecule has 6 heteroatoms. The van der Waals surface area contributed by atoms with Gasteiger partial charge in [0.15, 0.2) is 0 Å². The Balaban J connectivity index is 2.12. The Morgan fingerprint density at radius 3 is 2.94 bits per heavy atom. The van der Waals surface area contributed by atoms with Gasteiger partial charge in [-0.05, 0) is 6.07 Å². The highest BCUT2D eigenvalue weighted by Gasteiger charge is 2.13. The van der Waals surface area contributed by atoms with Gasteiger partial charge in [0.25, 0.3) is 0 Å². The molecule has 1 fully saturated rings. The quantitative estimate of drug-likeness (QED) is 0.854. The molecule has 0 atom stereocenters. The number of rotatable bonds is 4. The summed E-state index contributed by atoms with van der Waals surface area (Å²) in [5.41, 5.74) is 0. The van der Waals surface area contributed by atoms with Gasteiger partial charge in [-0.2, -0.15) is 0 Å². The molecule has 0 aromatic carbocycles. The molecule has 0 spiro atoms. The maximum atomic E-state index is 6.10. The number of aromatic nitrogens is 1. The van der Waals surface area contributed by atoms with E-state index >= 15 is 0 Å². The van der Waals surface area contributed by atoms with Crippen molar-refractivity contribution in [1.82, 2.24) is 4.98 Å². The summed E-state index contributed by atoms with van der Waals surface area (Å²) in [4.78, 5) is 6.74. The fourth-order valence-electron chi connectivity index (χ4n) is 1.64. The summed E-state index contributed by atoms with van der Waals surface area (Å²) >= 11 is 7.71. The van der Waals surface area contributed by atoms with E-state index in [2.05, 4.69) is 21.5 Å². The van der Waals surface area contributed by atoms with Crippen LogP contribution in [0.2, 0.25) is 5.02 Å². The van der Waals surface area contributed by atoms with E-state index in [9.17, 15) is 0 Å². The van der Waals surface area contributed by atoms with Gasteiger partial charge in [0.1, 0.15) is 11.6 Å². The van der Waals surface area contributed by atoms with Crippen LogP contribution in [0.3, 0.4) is 0 Å². The lowest BCUT2D eigenvalue weighted by atomic mass is 10.3. The zero-order valence-electron chi connectivity index (χ0n) is 9.78. The number of anilines is 2. The van der Waals surface area contributed by atoms with E-state index in [-0.39, 0.29) is 0 Å². The molecule has 1 aliphatic rings. The molecule has 0 saturated carbocycles. The normalized spacial score (nSPS) is 16.0. The Morgan fingerprint density at radius 2 is 2.24 bits per heavy atom. The third kappa shape index (κ3) is 3.66. The first-order valence-electron chi connectivity index (χ1n) is 5.67. The summed E-state index contributed by atoms with van der Waals surface area (Å²) in [7, 11) is 0. The molecule has 0 amide bonds. The number of ether oxygens (including phenoxy) is 1. The predicted octanol–water partition coefficient (Wildman–Crippen LogP) is 2.65. The molecule has 17 heavy (non-hydrogen) atoms. The zero-order valence-corrected chi connectivity index (χ0v) is 11.4. The zero-order chi connectivity index (χ0) is 12.1. The molecule has 4 nitrogen and oxygen atoms in total. The fraction of sp³-hybridized carbons (Fsp3) is 0.545. The SMILES string of the molecule is CCSNc1cc(Cl)cc(N2CCOCC2)n1. The molecule has 1 aromatic rings. The van der Waals surface area contributed by atoms with Gasteiger partial charge in [-0.1, -0.05) is 30.5 Å². The number of nitrogens with zero attached hydrogens (tertiary/aromatic N) is 2. The van der Waals surface area contributed by atoms with E-state index in [1.807, 2.05) is 12.1 Å². The van der Waals surface area contributed by atoms with E-state index in [1.165, 1.54) is 0 Å². The van der Waals surface area contributed by atoms with Crippen LogP contribution in [-0.2, 0) is 4.74 Å². The average Bonchev–Trinajstić information content (AvgIpc) is 2.37.